The molecule has 2 aromatic rings. The third-order valence-corrected chi connectivity index (χ3v) is 4.34. The number of nitrogens with zero attached hydrogens (tertiary/aromatic N) is 4. The van der Waals surface area contributed by atoms with Gasteiger partial charge in [0.05, 0.1) is 17.9 Å². The van der Waals surface area contributed by atoms with Crippen molar-refractivity contribution >= 4 is 29.8 Å². The number of aromatic nitrogens is 2. The minimum atomic E-state index is -0.505. The predicted molar refractivity (Wildman–Crippen MR) is 102 cm³/mol. The summed E-state index contributed by atoms with van der Waals surface area (Å²) in [5.74, 6) is -0.342. The molecule has 1 saturated heterocycles. The second kappa shape index (κ2) is 8.94. The zero-order valence-electron chi connectivity index (χ0n) is 15.5. The van der Waals surface area contributed by atoms with E-state index >= 15 is 0 Å². The van der Waals surface area contributed by atoms with Gasteiger partial charge in [-0.15, -0.1) is 0 Å². The first-order valence-electron chi connectivity index (χ1n) is 8.96. The first-order valence-corrected chi connectivity index (χ1v) is 8.96. The molecule has 1 aliphatic rings. The van der Waals surface area contributed by atoms with Gasteiger partial charge in [-0.05, 0) is 19.1 Å². The van der Waals surface area contributed by atoms with E-state index in [0.717, 1.165) is 6.41 Å². The summed E-state index contributed by atoms with van der Waals surface area (Å²) in [6, 6.07) is 8.23. The third-order valence-electron chi connectivity index (χ3n) is 4.34. The molecule has 0 spiro atoms. The van der Waals surface area contributed by atoms with E-state index in [-0.39, 0.29) is 17.9 Å². The van der Waals surface area contributed by atoms with Crippen LogP contribution in [0.2, 0.25) is 0 Å². The van der Waals surface area contributed by atoms with E-state index in [1.807, 2.05) is 4.90 Å². The maximum Gasteiger partial charge on any atom is 0.340 e. The summed E-state index contributed by atoms with van der Waals surface area (Å²) in [6.45, 7) is 4.42. The van der Waals surface area contributed by atoms with Crippen molar-refractivity contribution in [1.82, 2.24) is 14.9 Å². The normalized spacial score (nSPS) is 13.8. The predicted octanol–water partition coefficient (Wildman–Crippen LogP) is 1.18. The van der Waals surface area contributed by atoms with Gasteiger partial charge in [-0.2, -0.15) is 0 Å². The number of benzene rings is 1. The zero-order valence-corrected chi connectivity index (χ0v) is 15.5. The first kappa shape index (κ1) is 19.3. The molecule has 1 aromatic heterocycles. The van der Waals surface area contributed by atoms with Crippen LogP contribution in [0, 0.1) is 0 Å². The molecule has 1 N–H and O–H groups in total. The van der Waals surface area contributed by atoms with Crippen LogP contribution in [-0.2, 0) is 9.53 Å². The van der Waals surface area contributed by atoms with Crippen molar-refractivity contribution in [2.75, 3.05) is 43.0 Å². The minimum Gasteiger partial charge on any atom is -0.462 e. The highest BCUT2D eigenvalue weighted by Gasteiger charge is 2.19. The van der Waals surface area contributed by atoms with Crippen LogP contribution < -0.4 is 10.2 Å². The number of rotatable bonds is 6. The van der Waals surface area contributed by atoms with Gasteiger partial charge < -0.3 is 19.9 Å². The molecule has 146 valence electrons. The van der Waals surface area contributed by atoms with Gasteiger partial charge in [0.2, 0.25) is 6.41 Å². The van der Waals surface area contributed by atoms with E-state index in [9.17, 15) is 14.4 Å². The van der Waals surface area contributed by atoms with Gasteiger partial charge in [-0.25, -0.2) is 14.8 Å². The third kappa shape index (κ3) is 4.43. The molecule has 2 amide bonds. The molecule has 9 heteroatoms. The highest BCUT2D eigenvalue weighted by Crippen LogP contribution is 2.18. The Kier molecular flexibility index (Phi) is 6.15. The number of carbonyl (C=O) groups excluding carboxylic acids is 3. The molecule has 1 aromatic carbocycles. The van der Waals surface area contributed by atoms with Crippen LogP contribution in [0.5, 0.6) is 0 Å². The van der Waals surface area contributed by atoms with Crippen molar-refractivity contribution in [2.45, 2.75) is 6.92 Å². The zero-order chi connectivity index (χ0) is 19.9. The lowest BCUT2D eigenvalue weighted by atomic mass is 10.1. The quantitative estimate of drug-likeness (QED) is 0.590. The van der Waals surface area contributed by atoms with Crippen LogP contribution in [-0.4, -0.2) is 65.9 Å². The summed E-state index contributed by atoms with van der Waals surface area (Å²) < 4.78 is 5.02. The van der Waals surface area contributed by atoms with Crippen molar-refractivity contribution in [2.24, 2.45) is 0 Å². The number of piperazine rings is 1. The van der Waals surface area contributed by atoms with E-state index in [0.29, 0.717) is 37.7 Å². The average Bonchev–Trinajstić information content (AvgIpc) is 2.74. The lowest BCUT2D eigenvalue weighted by molar-refractivity contribution is -0.118. The highest BCUT2D eigenvalue weighted by atomic mass is 16.5. The Labute approximate surface area is 162 Å². The Morgan fingerprint density at radius 1 is 1.18 bits per heavy atom. The molecule has 1 aliphatic heterocycles. The summed E-state index contributed by atoms with van der Waals surface area (Å²) in [6.07, 6.45) is 2.16. The van der Waals surface area contributed by atoms with E-state index in [1.54, 1.807) is 42.2 Å². The Balaban J connectivity index is 1.74. The van der Waals surface area contributed by atoms with Crippen LogP contribution in [0.1, 0.15) is 27.8 Å². The Morgan fingerprint density at radius 2 is 1.93 bits per heavy atom. The molecule has 0 radical (unpaired) electrons. The van der Waals surface area contributed by atoms with Crippen LogP contribution >= 0.6 is 0 Å². The molecule has 1 fully saturated rings. The van der Waals surface area contributed by atoms with Gasteiger partial charge in [0, 0.05) is 32.2 Å². The van der Waals surface area contributed by atoms with Crippen LogP contribution in [0.15, 0.2) is 36.7 Å². The second-order valence-corrected chi connectivity index (χ2v) is 6.11. The monoisotopic (exact) mass is 383 g/mol. The van der Waals surface area contributed by atoms with Crippen molar-refractivity contribution in [3.63, 3.8) is 0 Å². The van der Waals surface area contributed by atoms with E-state index in [4.69, 9.17) is 4.74 Å². The first-order chi connectivity index (χ1) is 13.6. The number of hydrogen-bond acceptors (Lipinski definition) is 7. The Bertz CT molecular complexity index is 865. The molecule has 28 heavy (non-hydrogen) atoms. The Morgan fingerprint density at radius 3 is 2.64 bits per heavy atom. The van der Waals surface area contributed by atoms with Gasteiger partial charge in [0.1, 0.15) is 17.8 Å². The number of amides is 2. The van der Waals surface area contributed by atoms with Crippen molar-refractivity contribution < 1.29 is 19.1 Å². The van der Waals surface area contributed by atoms with Crippen LogP contribution in [0.25, 0.3) is 0 Å². The van der Waals surface area contributed by atoms with Gasteiger partial charge >= 0.3 is 5.97 Å². The summed E-state index contributed by atoms with van der Waals surface area (Å²) >= 11 is 0. The van der Waals surface area contributed by atoms with Crippen molar-refractivity contribution in [3.8, 4) is 0 Å². The Hall–Kier alpha value is -3.49. The van der Waals surface area contributed by atoms with Gasteiger partial charge in [0.25, 0.3) is 5.91 Å². The van der Waals surface area contributed by atoms with Crippen molar-refractivity contribution in [3.05, 3.63) is 47.9 Å². The average molecular weight is 383 g/mol. The lowest BCUT2D eigenvalue weighted by Gasteiger charge is -2.33. The molecule has 9 nitrogen and oxygen atoms in total. The highest BCUT2D eigenvalue weighted by molar-refractivity contribution is 6.07. The molecular weight excluding hydrogens is 362 g/mol. The molecule has 0 aliphatic carbocycles. The molecule has 0 unspecified atom stereocenters. The maximum absolute atomic E-state index is 12.7. The molecule has 0 saturated carbocycles. The topological polar surface area (TPSA) is 105 Å². The van der Waals surface area contributed by atoms with Gasteiger partial charge in [-0.3, -0.25) is 9.59 Å². The fraction of sp³-hybridized carbons (Fsp3) is 0.316. The summed E-state index contributed by atoms with van der Waals surface area (Å²) in [5.41, 5.74) is 0.809. The van der Waals surface area contributed by atoms with Gasteiger partial charge in [0.15, 0.2) is 0 Å². The lowest BCUT2D eigenvalue weighted by Crippen LogP contribution is -2.46. The number of esters is 1. The fourth-order valence-electron chi connectivity index (χ4n) is 2.87. The number of ether oxygens (including phenoxy) is 1. The van der Waals surface area contributed by atoms with Crippen LogP contribution in [0.3, 0.4) is 0 Å². The van der Waals surface area contributed by atoms with E-state index < -0.39 is 11.9 Å². The molecule has 0 atom stereocenters. The standard InChI is InChI=1S/C19H21N5O4/c1-2-28-19(27)14-5-3-4-6-15(14)22-18(26)16-11-17(21-12-20-16)24-9-7-23(13-25)8-10-24/h3-6,11-13H,2,7-10H2,1H3,(H,22,26). The van der Waals surface area contributed by atoms with Crippen LogP contribution in [0.4, 0.5) is 11.5 Å². The minimum absolute atomic E-state index is 0.182. The second-order valence-electron chi connectivity index (χ2n) is 6.11. The number of hydrogen-bond donors (Lipinski definition) is 1. The molecule has 2 heterocycles. The molecule has 3 rings (SSSR count). The summed E-state index contributed by atoms with van der Waals surface area (Å²) in [4.78, 5) is 47.5. The fourth-order valence-corrected chi connectivity index (χ4v) is 2.87. The van der Waals surface area contributed by atoms with Crippen molar-refractivity contribution in [1.29, 1.82) is 0 Å². The molecule has 0 bridgehead atoms. The number of anilines is 2. The number of para-hydroxylation sites is 1. The summed E-state index contributed by atoms with van der Waals surface area (Å²) in [7, 11) is 0. The van der Waals surface area contributed by atoms with E-state index in [1.165, 1.54) is 6.33 Å². The maximum atomic E-state index is 12.7. The van der Waals surface area contributed by atoms with E-state index in [2.05, 4.69) is 15.3 Å². The van der Waals surface area contributed by atoms with Gasteiger partial charge in [-0.1, -0.05) is 12.1 Å². The largest absolute Gasteiger partial charge is 0.462 e. The number of carbonyl (C=O) groups is 3. The smallest absolute Gasteiger partial charge is 0.340 e. The molecular formula is C19H21N5O4. The summed E-state index contributed by atoms with van der Waals surface area (Å²) in [5, 5.41) is 2.71. The number of nitrogens with one attached hydrogen (secondary N) is 1. The SMILES string of the molecule is CCOC(=O)c1ccccc1NC(=O)c1cc(N2CCN(C=O)CC2)ncn1.